The first-order valence-electron chi connectivity index (χ1n) is 7.65. The molecule has 0 atom stereocenters. The topological polar surface area (TPSA) is 85.2 Å². The van der Waals surface area contributed by atoms with Crippen LogP contribution < -0.4 is 10.6 Å². The Morgan fingerprint density at radius 1 is 1.36 bits per heavy atom. The van der Waals surface area contributed by atoms with Crippen LogP contribution in [0.1, 0.15) is 52.5 Å². The maximum absolute atomic E-state index is 11.9. The number of hydrogen-bond donors (Lipinski definition) is 2. The maximum Gasteiger partial charge on any atom is 0.408 e. The first-order chi connectivity index (χ1) is 10.3. The average molecular weight is 308 g/mol. The molecular formula is C15H24N4O3. The van der Waals surface area contributed by atoms with Crippen LogP contribution in [0.5, 0.6) is 0 Å². The molecule has 0 bridgehead atoms. The van der Waals surface area contributed by atoms with Crippen LogP contribution in [0, 0.1) is 0 Å². The molecule has 7 nitrogen and oxygen atoms in total. The van der Waals surface area contributed by atoms with Gasteiger partial charge in [0, 0.05) is 6.07 Å². The molecule has 1 aromatic rings. The van der Waals surface area contributed by atoms with Crippen LogP contribution in [0.25, 0.3) is 0 Å². The van der Waals surface area contributed by atoms with Crippen LogP contribution in [0.15, 0.2) is 12.3 Å². The molecule has 2 amide bonds. The monoisotopic (exact) mass is 308 g/mol. The molecule has 2 rings (SSSR count). The summed E-state index contributed by atoms with van der Waals surface area (Å²) in [7, 11) is 0. The second-order valence-corrected chi connectivity index (χ2v) is 6.50. The second kappa shape index (κ2) is 6.81. The average Bonchev–Trinajstić information content (AvgIpc) is 3.04. The fourth-order valence-corrected chi connectivity index (χ4v) is 2.51. The molecule has 1 fully saturated rings. The van der Waals surface area contributed by atoms with E-state index in [1.165, 1.54) is 12.8 Å². The van der Waals surface area contributed by atoms with Crippen molar-refractivity contribution < 1.29 is 14.3 Å². The highest BCUT2D eigenvalue weighted by Gasteiger charge is 2.21. The van der Waals surface area contributed by atoms with Gasteiger partial charge in [0.25, 0.3) is 0 Å². The van der Waals surface area contributed by atoms with E-state index in [9.17, 15) is 9.59 Å². The highest BCUT2D eigenvalue weighted by molar-refractivity contribution is 5.93. The van der Waals surface area contributed by atoms with Crippen molar-refractivity contribution in [3.8, 4) is 0 Å². The number of anilines is 1. The summed E-state index contributed by atoms with van der Waals surface area (Å²) in [4.78, 5) is 23.4. The number of nitrogens with one attached hydrogen (secondary N) is 2. The Bertz CT molecular complexity index is 527. The first-order valence-corrected chi connectivity index (χ1v) is 7.65. The maximum atomic E-state index is 11.9. The number of ether oxygens (including phenoxy) is 1. The molecule has 0 saturated heterocycles. The molecule has 1 saturated carbocycles. The van der Waals surface area contributed by atoms with Crippen LogP contribution in [0.3, 0.4) is 0 Å². The molecule has 0 radical (unpaired) electrons. The highest BCUT2D eigenvalue weighted by atomic mass is 16.6. The normalized spacial score (nSPS) is 15.6. The van der Waals surface area contributed by atoms with Crippen LogP contribution >= 0.6 is 0 Å². The Labute approximate surface area is 130 Å². The van der Waals surface area contributed by atoms with Crippen molar-refractivity contribution in [2.75, 3.05) is 11.9 Å². The van der Waals surface area contributed by atoms with Crippen molar-refractivity contribution in [3.05, 3.63) is 12.3 Å². The van der Waals surface area contributed by atoms with E-state index in [0.29, 0.717) is 11.9 Å². The Hall–Kier alpha value is -2.05. The lowest BCUT2D eigenvalue weighted by Crippen LogP contribution is -2.37. The van der Waals surface area contributed by atoms with Gasteiger partial charge >= 0.3 is 6.09 Å². The molecular weight excluding hydrogens is 284 g/mol. The third-order valence-electron chi connectivity index (χ3n) is 3.40. The first kappa shape index (κ1) is 16.3. The van der Waals surface area contributed by atoms with Gasteiger partial charge in [-0.2, -0.15) is 5.10 Å². The molecule has 22 heavy (non-hydrogen) atoms. The van der Waals surface area contributed by atoms with E-state index in [2.05, 4.69) is 15.7 Å². The summed E-state index contributed by atoms with van der Waals surface area (Å²) in [5, 5.41) is 9.50. The van der Waals surface area contributed by atoms with Crippen molar-refractivity contribution in [1.29, 1.82) is 0 Å². The summed E-state index contributed by atoms with van der Waals surface area (Å²) in [5.74, 6) is 0.369. The zero-order chi connectivity index (χ0) is 16.2. The summed E-state index contributed by atoms with van der Waals surface area (Å²) < 4.78 is 6.94. The van der Waals surface area contributed by atoms with Crippen molar-refractivity contribution in [2.45, 2.75) is 58.1 Å². The van der Waals surface area contributed by atoms with E-state index < -0.39 is 11.7 Å². The Morgan fingerprint density at radius 3 is 2.68 bits per heavy atom. The SMILES string of the molecule is CC(C)(C)OC(=O)NCC(=O)Nc1ccnn1C1CCCC1. The van der Waals surface area contributed by atoms with E-state index >= 15 is 0 Å². The van der Waals surface area contributed by atoms with E-state index in [4.69, 9.17) is 4.74 Å². The third kappa shape index (κ3) is 4.75. The largest absolute Gasteiger partial charge is 0.444 e. The molecule has 0 spiro atoms. The smallest absolute Gasteiger partial charge is 0.408 e. The minimum absolute atomic E-state index is 0.134. The summed E-state index contributed by atoms with van der Waals surface area (Å²) in [6.45, 7) is 5.18. The zero-order valence-electron chi connectivity index (χ0n) is 13.4. The van der Waals surface area contributed by atoms with Gasteiger partial charge in [-0.3, -0.25) is 4.79 Å². The number of rotatable bonds is 4. The molecule has 1 heterocycles. The number of amides is 2. The molecule has 0 aliphatic heterocycles. The Kier molecular flexibility index (Phi) is 5.05. The summed E-state index contributed by atoms with van der Waals surface area (Å²) in [6.07, 6.45) is 5.62. The zero-order valence-corrected chi connectivity index (χ0v) is 13.4. The van der Waals surface area contributed by atoms with Crippen molar-refractivity contribution in [1.82, 2.24) is 15.1 Å². The number of aromatic nitrogens is 2. The van der Waals surface area contributed by atoms with Gasteiger partial charge in [0.15, 0.2) is 0 Å². The quantitative estimate of drug-likeness (QED) is 0.894. The third-order valence-corrected chi connectivity index (χ3v) is 3.40. The van der Waals surface area contributed by atoms with Crippen LogP contribution in [-0.4, -0.2) is 33.9 Å². The highest BCUT2D eigenvalue weighted by Crippen LogP contribution is 2.31. The Morgan fingerprint density at radius 2 is 2.05 bits per heavy atom. The minimum Gasteiger partial charge on any atom is -0.444 e. The summed E-state index contributed by atoms with van der Waals surface area (Å²) in [5.41, 5.74) is -0.582. The van der Waals surface area contributed by atoms with Gasteiger partial charge in [0.05, 0.1) is 12.2 Å². The molecule has 1 aliphatic rings. The van der Waals surface area contributed by atoms with Gasteiger partial charge in [0.2, 0.25) is 5.91 Å². The predicted molar refractivity (Wildman–Crippen MR) is 82.6 cm³/mol. The predicted octanol–water partition coefficient (Wildman–Crippen LogP) is 2.46. The molecule has 122 valence electrons. The van der Waals surface area contributed by atoms with Crippen molar-refractivity contribution in [3.63, 3.8) is 0 Å². The molecule has 1 aromatic heterocycles. The second-order valence-electron chi connectivity index (χ2n) is 6.50. The van der Waals surface area contributed by atoms with Gasteiger partial charge in [-0.15, -0.1) is 0 Å². The summed E-state index contributed by atoms with van der Waals surface area (Å²) >= 11 is 0. The van der Waals surface area contributed by atoms with Gasteiger partial charge < -0.3 is 15.4 Å². The fourth-order valence-electron chi connectivity index (χ4n) is 2.51. The van der Waals surface area contributed by atoms with E-state index in [0.717, 1.165) is 12.8 Å². The Balaban J connectivity index is 1.82. The van der Waals surface area contributed by atoms with Crippen LogP contribution in [0.4, 0.5) is 10.6 Å². The lowest BCUT2D eigenvalue weighted by Gasteiger charge is -2.19. The van der Waals surface area contributed by atoms with Crippen molar-refractivity contribution >= 4 is 17.8 Å². The van der Waals surface area contributed by atoms with Crippen molar-refractivity contribution in [2.24, 2.45) is 0 Å². The van der Waals surface area contributed by atoms with Gasteiger partial charge in [-0.05, 0) is 33.6 Å². The lowest BCUT2D eigenvalue weighted by atomic mass is 10.2. The van der Waals surface area contributed by atoms with Crippen LogP contribution in [0.2, 0.25) is 0 Å². The summed E-state index contributed by atoms with van der Waals surface area (Å²) in [6, 6.07) is 2.12. The lowest BCUT2D eigenvalue weighted by molar-refractivity contribution is -0.115. The number of nitrogens with zero attached hydrogens (tertiary/aromatic N) is 2. The van der Waals surface area contributed by atoms with E-state index in [1.807, 2.05) is 4.68 Å². The van der Waals surface area contributed by atoms with E-state index in [-0.39, 0.29) is 12.5 Å². The number of carbonyl (C=O) groups is 2. The number of hydrogen-bond acceptors (Lipinski definition) is 4. The molecule has 0 unspecified atom stereocenters. The van der Waals surface area contributed by atoms with Gasteiger partial charge in [-0.1, -0.05) is 12.8 Å². The molecule has 7 heteroatoms. The van der Waals surface area contributed by atoms with E-state index in [1.54, 1.807) is 33.0 Å². The fraction of sp³-hybridized carbons (Fsp3) is 0.667. The number of alkyl carbamates (subject to hydrolysis) is 1. The van der Waals surface area contributed by atoms with Gasteiger partial charge in [0.1, 0.15) is 18.0 Å². The standard InChI is InChI=1S/C15H24N4O3/c1-15(2,3)22-14(21)16-10-13(20)18-12-8-9-17-19(12)11-6-4-5-7-11/h8-9,11H,4-7,10H2,1-3H3,(H,16,21)(H,18,20). The molecule has 1 aliphatic carbocycles. The van der Waals surface area contributed by atoms with Gasteiger partial charge in [-0.25, -0.2) is 9.48 Å². The number of carbonyl (C=O) groups excluding carboxylic acids is 2. The molecule has 0 aromatic carbocycles. The minimum atomic E-state index is -0.605. The molecule has 2 N–H and O–H groups in total. The van der Waals surface area contributed by atoms with Crippen LogP contribution in [-0.2, 0) is 9.53 Å².